The molecule has 0 heterocycles. The first kappa shape index (κ1) is 137. The first-order valence-electron chi connectivity index (χ1n) is 52.9. The molecule has 0 atom stereocenters. The average molecular weight is 2090 g/mol. The van der Waals surface area contributed by atoms with Gasteiger partial charge in [0.1, 0.15) is 0 Å². The second-order valence-corrected chi connectivity index (χ2v) is 57.8. The van der Waals surface area contributed by atoms with Gasteiger partial charge in [0.2, 0.25) is 0 Å². The summed E-state index contributed by atoms with van der Waals surface area (Å²) < 4.78 is 77.8. The number of aliphatic hydroxyl groups excluding tert-OH is 1. The molecule has 0 aliphatic carbocycles. The van der Waals surface area contributed by atoms with Gasteiger partial charge in [-0.05, 0) is 417 Å². The molecule has 0 radical (unpaired) electrons. The van der Waals surface area contributed by atoms with Gasteiger partial charge in [0.25, 0.3) is 0 Å². The minimum Gasteiger partial charge on any atom is -0.392 e. The third-order valence-electron chi connectivity index (χ3n) is 25.7. The summed E-state index contributed by atoms with van der Waals surface area (Å²) in [5.74, 6) is 0. The Morgan fingerprint density at radius 3 is 0.694 bits per heavy atom. The van der Waals surface area contributed by atoms with Gasteiger partial charge in [0, 0.05) is 105 Å². The van der Waals surface area contributed by atoms with E-state index >= 15 is 0 Å². The van der Waals surface area contributed by atoms with Crippen molar-refractivity contribution < 1.29 is 31.4 Å². The number of benzene rings is 7. The Hall–Kier alpha value is -5.04. The Bertz CT molecular complexity index is 4730. The van der Waals surface area contributed by atoms with Crippen molar-refractivity contribution in [3.8, 4) is 0 Å². The maximum atomic E-state index is 13.1. The van der Waals surface area contributed by atoms with E-state index in [2.05, 4.69) is 405 Å². The van der Waals surface area contributed by atoms with E-state index < -0.39 is 23.5 Å². The zero-order valence-electron chi connectivity index (χ0n) is 99.8. The number of alkyl halides is 6. The molecule has 0 saturated carbocycles. The van der Waals surface area contributed by atoms with Crippen LogP contribution in [0.4, 0.5) is 26.3 Å². The van der Waals surface area contributed by atoms with Crippen LogP contribution in [0.5, 0.6) is 0 Å². The van der Waals surface area contributed by atoms with Crippen LogP contribution >= 0.6 is 46.4 Å². The van der Waals surface area contributed by atoms with Crippen molar-refractivity contribution >= 4 is 46.4 Å². The lowest BCUT2D eigenvalue weighted by molar-refractivity contribution is -0.138. The molecule has 1 N–H and O–H groups in total. The van der Waals surface area contributed by atoms with Crippen molar-refractivity contribution in [1.82, 2.24) is 34.3 Å². The number of aryl methyl sites for hydroxylation is 4. The Morgan fingerprint density at radius 1 is 0.222 bits per heavy atom. The van der Waals surface area contributed by atoms with Crippen LogP contribution in [0.3, 0.4) is 0 Å². The number of aliphatic hydroxyl groups is 1. The molecule has 7 aromatic rings. The molecule has 0 unspecified atom stereocenters. The van der Waals surface area contributed by atoms with E-state index in [1.807, 2.05) is 44.2 Å². The van der Waals surface area contributed by atoms with Crippen LogP contribution in [-0.4, -0.2) is 124 Å². The highest BCUT2D eigenvalue weighted by Gasteiger charge is 2.36. The number of halogens is 10. The standard InChI is InChI=1S/C19H30F3N.3C18H30ClN.C18H28F3N.C18H31NO.C17H28ClN/c1-14-8-9-15(12-16(14)19(20,21)22)13-23(18(5,6)7)11-10-17(2,3)4;1-14-10-15(12-16(19)11-14)13-20(18(5,6)7)9-8-17(2,3)4;2*1-14-8-9-15(12-16(14)19)13-20(18(5,6)7)11-10-17(2,3)4;1-16(2,3)10-11-22(17(4,5)6)13-14-8-7-9-15(12-14)18(19,20)21;1-17(2,3)10-11-19(18(4,5)6)13-15-8-7-9-16(12-15)14-20;1-16(2,3)10-11-19(17(4,5)6)13-14-8-7-9-15(18)12-14/h8-9,12H,10-11,13H2,1-7H3;10-12H,8-9,13H2,1-7H3;2*8-9,12H,10-11,13H2,1-7H3;7-9,12H,10-11,13H2,1-6H3;7-9,12,20H,10-11,13-14H2,1-6H3;7-9,12H,10-11,13H2,1-6H3. The van der Waals surface area contributed by atoms with Crippen molar-refractivity contribution in [2.75, 3.05) is 45.8 Å². The van der Waals surface area contributed by atoms with Gasteiger partial charge in [-0.3, -0.25) is 34.3 Å². The summed E-state index contributed by atoms with van der Waals surface area (Å²) in [4.78, 5) is 17.2. The molecular formula is C126H207Cl4F6N7O. The Balaban J connectivity index is 0.000000841. The zero-order chi connectivity index (χ0) is 112. The molecule has 0 spiro atoms. The van der Waals surface area contributed by atoms with E-state index in [0.29, 0.717) is 51.3 Å². The zero-order valence-corrected chi connectivity index (χ0v) is 103. The molecule has 0 fully saturated rings. The normalized spacial score (nSPS) is 13.2. The predicted molar refractivity (Wildman–Crippen MR) is 620 cm³/mol. The number of hydrogen-bond donors (Lipinski definition) is 1. The molecule has 822 valence electrons. The summed E-state index contributed by atoms with van der Waals surface area (Å²) in [6, 6.07) is 45.9. The minimum absolute atomic E-state index is 0.0838. The molecular weight excluding hydrogens is 1880 g/mol. The molecule has 7 rings (SSSR count). The van der Waals surface area contributed by atoms with Gasteiger partial charge >= 0.3 is 12.4 Å². The van der Waals surface area contributed by atoms with Gasteiger partial charge in [0.05, 0.1) is 17.7 Å². The van der Waals surface area contributed by atoms with Gasteiger partial charge in [0.15, 0.2) is 0 Å². The van der Waals surface area contributed by atoms with Crippen molar-refractivity contribution in [3.63, 3.8) is 0 Å². The third-order valence-corrected chi connectivity index (χ3v) is 26.9. The van der Waals surface area contributed by atoms with Crippen LogP contribution < -0.4 is 0 Å². The highest BCUT2D eigenvalue weighted by Crippen LogP contribution is 2.38. The summed E-state index contributed by atoms with van der Waals surface area (Å²) in [5, 5.41) is 12.6. The maximum Gasteiger partial charge on any atom is 0.416 e. The highest BCUT2D eigenvalue weighted by molar-refractivity contribution is 6.32. The monoisotopic (exact) mass is 2090 g/mol. The maximum absolute atomic E-state index is 13.1. The number of nitrogens with zero attached hydrogens (tertiary/aromatic N) is 7. The smallest absolute Gasteiger partial charge is 0.392 e. The van der Waals surface area contributed by atoms with E-state index in [4.69, 9.17) is 46.4 Å². The van der Waals surface area contributed by atoms with E-state index in [0.717, 1.165) is 134 Å². The molecule has 0 amide bonds. The molecule has 8 nitrogen and oxygen atoms in total. The largest absolute Gasteiger partial charge is 0.416 e. The molecule has 7 aromatic carbocycles. The Labute approximate surface area is 900 Å². The summed E-state index contributed by atoms with van der Waals surface area (Å²) in [6.45, 7) is 115. The van der Waals surface area contributed by atoms with Crippen LogP contribution in [0, 0.1) is 65.6 Å². The molecule has 0 saturated heterocycles. The van der Waals surface area contributed by atoms with Gasteiger partial charge in [-0.2, -0.15) is 26.3 Å². The van der Waals surface area contributed by atoms with E-state index in [9.17, 15) is 31.4 Å². The summed E-state index contributed by atoms with van der Waals surface area (Å²) in [5.41, 5.74) is 14.5. The Kier molecular flexibility index (Phi) is 54.8. The number of rotatable bonds is 29. The fourth-order valence-corrected chi connectivity index (χ4v) is 16.1. The summed E-state index contributed by atoms with van der Waals surface area (Å²) in [7, 11) is 0. The van der Waals surface area contributed by atoms with Gasteiger partial charge in [-0.25, -0.2) is 0 Å². The second kappa shape index (κ2) is 57.6. The third kappa shape index (κ3) is 62.1. The highest BCUT2D eigenvalue weighted by atomic mass is 35.5. The Morgan fingerprint density at radius 2 is 0.451 bits per heavy atom. The van der Waals surface area contributed by atoms with E-state index in [1.54, 1.807) is 18.2 Å². The lowest BCUT2D eigenvalue weighted by Gasteiger charge is -2.37. The van der Waals surface area contributed by atoms with Crippen molar-refractivity contribution in [2.45, 2.75) is 467 Å². The first-order valence-corrected chi connectivity index (χ1v) is 54.4. The van der Waals surface area contributed by atoms with Crippen molar-refractivity contribution in [2.24, 2.45) is 37.9 Å². The van der Waals surface area contributed by atoms with Gasteiger partial charge in [-0.1, -0.05) is 289 Å². The predicted octanol–water partition coefficient (Wildman–Crippen LogP) is 38.4. The minimum atomic E-state index is -4.29. The van der Waals surface area contributed by atoms with Crippen LogP contribution in [-0.2, 0) is 64.8 Å². The second-order valence-electron chi connectivity index (χ2n) is 56.1. The topological polar surface area (TPSA) is 42.9 Å². The van der Waals surface area contributed by atoms with E-state index in [1.165, 1.54) is 90.6 Å². The summed E-state index contributed by atoms with van der Waals surface area (Å²) >= 11 is 24.7. The molecule has 144 heavy (non-hydrogen) atoms. The lowest BCUT2D eigenvalue weighted by atomic mass is 9.91. The van der Waals surface area contributed by atoms with Crippen LogP contribution in [0.1, 0.15) is 414 Å². The van der Waals surface area contributed by atoms with Crippen LogP contribution in [0.15, 0.2) is 146 Å². The van der Waals surface area contributed by atoms with Gasteiger partial charge < -0.3 is 5.11 Å². The average Bonchev–Trinajstić information content (AvgIpc) is 0.810. The number of hydrogen-bond acceptors (Lipinski definition) is 8. The van der Waals surface area contributed by atoms with Crippen LogP contribution in [0.25, 0.3) is 0 Å². The molecule has 18 heteroatoms. The fraction of sp³-hybridized carbons (Fsp3) is 0.667. The summed E-state index contributed by atoms with van der Waals surface area (Å²) in [6.07, 6.45) is -0.593. The molecule has 0 aliphatic heterocycles. The molecule has 0 aliphatic rings. The molecule has 0 aromatic heterocycles. The SMILES string of the molecule is CC(C)(C)CCN(Cc1cccc(C(F)(F)F)c1)C(C)(C)C.CC(C)(C)CCN(Cc1cccc(CO)c1)C(C)(C)C.CC(C)(C)CCN(Cc1cccc(Cl)c1)C(C)(C)C.Cc1cc(Cl)cc(CN(CCC(C)(C)C)C(C)(C)C)c1.Cc1ccc(CN(CCC(C)(C)C)C(C)(C)C)cc1C(F)(F)F.Cc1ccc(CN(CCC(C)(C)C)C(C)(C)C)cc1Cl.Cc1ccc(CN(CCC(C)(C)C)C(C)(C)C)cc1Cl. The lowest BCUT2D eigenvalue weighted by Crippen LogP contribution is -2.42. The quantitative estimate of drug-likeness (QED) is 0.0466. The molecule has 0 bridgehead atoms. The van der Waals surface area contributed by atoms with Crippen LogP contribution in [0.2, 0.25) is 20.1 Å². The first-order chi connectivity index (χ1) is 64.6. The van der Waals surface area contributed by atoms with Crippen molar-refractivity contribution in [3.05, 3.63) is 244 Å². The van der Waals surface area contributed by atoms with Gasteiger partial charge in [-0.15, -0.1) is 0 Å². The van der Waals surface area contributed by atoms with Crippen molar-refractivity contribution in [1.29, 1.82) is 0 Å². The fourth-order valence-electron chi connectivity index (χ4n) is 15.2. The van der Waals surface area contributed by atoms with E-state index in [-0.39, 0.29) is 61.8 Å².